The van der Waals surface area contributed by atoms with E-state index in [0.717, 1.165) is 18.7 Å². The van der Waals surface area contributed by atoms with Crippen molar-refractivity contribution >= 4 is 34.6 Å². The minimum atomic E-state index is -0.639. The Hall–Kier alpha value is -2.19. The molecule has 1 aromatic carbocycles. The molecule has 0 amide bonds. The molecule has 1 fully saturated rings. The van der Waals surface area contributed by atoms with Gasteiger partial charge >= 0.3 is 5.76 Å². The van der Waals surface area contributed by atoms with Crippen LogP contribution in [0.15, 0.2) is 45.7 Å². The number of carbonyl (C=O) groups excluding carboxylic acids is 1. The Morgan fingerprint density at radius 3 is 2.78 bits per heavy atom. The highest BCUT2D eigenvalue weighted by molar-refractivity contribution is 6.42. The van der Waals surface area contributed by atoms with E-state index in [1.165, 1.54) is 6.08 Å². The van der Waals surface area contributed by atoms with Crippen molar-refractivity contribution in [1.82, 2.24) is 15.5 Å². The molecule has 3 unspecified atom stereocenters. The van der Waals surface area contributed by atoms with Crippen LogP contribution in [0.3, 0.4) is 0 Å². The topological polar surface area (TPSA) is 97.2 Å². The Morgan fingerprint density at radius 2 is 2.12 bits per heavy atom. The molecule has 2 aromatic rings. The summed E-state index contributed by atoms with van der Waals surface area (Å²) in [5.41, 5.74) is 1.56. The molecule has 0 aliphatic carbocycles. The summed E-state index contributed by atoms with van der Waals surface area (Å²) in [6.45, 7) is 5.86. The second kappa shape index (κ2) is 11.6. The predicted molar refractivity (Wildman–Crippen MR) is 125 cm³/mol. The van der Waals surface area contributed by atoms with Gasteiger partial charge in [0.15, 0.2) is 11.6 Å². The van der Waals surface area contributed by atoms with Crippen molar-refractivity contribution in [1.29, 1.82) is 0 Å². The monoisotopic (exact) mass is 479 g/mol. The molecule has 7 nitrogen and oxygen atoms in total. The van der Waals surface area contributed by atoms with E-state index in [9.17, 15) is 9.59 Å². The van der Waals surface area contributed by atoms with Crippen molar-refractivity contribution in [2.45, 2.75) is 32.8 Å². The number of benzene rings is 1. The zero-order valence-corrected chi connectivity index (χ0v) is 19.6. The first kappa shape index (κ1) is 24.5. The van der Waals surface area contributed by atoms with Gasteiger partial charge in [0.05, 0.1) is 22.8 Å². The SMILES string of the molecule is C/C=C(\C=C/C(=O)C(CC)CC1CNCCOC1c1ccc(Cl)c(Cl)c1)c1noc(=O)[nH]1. The fourth-order valence-electron chi connectivity index (χ4n) is 3.88. The number of H-pyrrole nitrogens is 1. The van der Waals surface area contributed by atoms with Crippen LogP contribution in [0.5, 0.6) is 0 Å². The number of nitrogens with zero attached hydrogens (tertiary/aromatic N) is 1. The Kier molecular flexibility index (Phi) is 8.87. The van der Waals surface area contributed by atoms with Gasteiger partial charge in [-0.15, -0.1) is 0 Å². The highest BCUT2D eigenvalue weighted by Crippen LogP contribution is 2.35. The number of aromatic nitrogens is 2. The van der Waals surface area contributed by atoms with Crippen molar-refractivity contribution in [3.05, 3.63) is 68.4 Å². The number of allylic oxidation sites excluding steroid dienone is 4. The third-order valence-electron chi connectivity index (χ3n) is 5.62. The lowest BCUT2D eigenvalue weighted by molar-refractivity contribution is -0.119. The maximum Gasteiger partial charge on any atom is 0.439 e. The largest absolute Gasteiger partial charge is 0.439 e. The van der Waals surface area contributed by atoms with Gasteiger partial charge in [0, 0.05) is 30.5 Å². The van der Waals surface area contributed by atoms with Gasteiger partial charge in [0.2, 0.25) is 0 Å². The van der Waals surface area contributed by atoms with Gasteiger partial charge in [-0.25, -0.2) is 4.79 Å². The minimum absolute atomic E-state index is 0.00910. The maximum absolute atomic E-state index is 13.0. The quantitative estimate of drug-likeness (QED) is 0.424. The van der Waals surface area contributed by atoms with Crippen LogP contribution in [-0.2, 0) is 9.53 Å². The van der Waals surface area contributed by atoms with Crippen molar-refractivity contribution in [3.63, 3.8) is 0 Å². The molecule has 0 saturated carbocycles. The summed E-state index contributed by atoms with van der Waals surface area (Å²) in [7, 11) is 0. The molecule has 3 rings (SSSR count). The number of hydrogen-bond donors (Lipinski definition) is 2. The second-order valence-corrected chi connectivity index (χ2v) is 8.51. The molecule has 9 heteroatoms. The zero-order chi connectivity index (χ0) is 23.1. The summed E-state index contributed by atoms with van der Waals surface area (Å²) in [6, 6.07) is 5.54. The highest BCUT2D eigenvalue weighted by Gasteiger charge is 2.30. The number of halogens is 2. The van der Waals surface area contributed by atoms with Gasteiger partial charge < -0.3 is 10.1 Å². The predicted octanol–water partition coefficient (Wildman–Crippen LogP) is 4.59. The fourth-order valence-corrected chi connectivity index (χ4v) is 4.18. The first-order chi connectivity index (χ1) is 15.4. The normalized spacial score (nSPS) is 20.9. The number of ether oxygens (including phenoxy) is 1. The summed E-state index contributed by atoms with van der Waals surface area (Å²) in [4.78, 5) is 26.7. The standard InChI is InChI=1S/C23H27Cl2N3O4/c1-3-14(22-27-23(30)32-28-22)6-8-20(29)15(4-2)11-17-13-26-9-10-31-21(17)16-5-7-18(24)19(25)12-16/h3,5-8,12,15,17,21,26H,4,9-11,13H2,1-2H3,(H,27,28,30)/b8-6-,14-3+. The molecule has 32 heavy (non-hydrogen) atoms. The lowest BCUT2D eigenvalue weighted by Gasteiger charge is -2.28. The van der Waals surface area contributed by atoms with Crippen molar-refractivity contribution < 1.29 is 14.1 Å². The average molecular weight is 480 g/mol. The van der Waals surface area contributed by atoms with Gasteiger partial charge in [0.1, 0.15) is 0 Å². The van der Waals surface area contributed by atoms with Crippen LogP contribution in [0, 0.1) is 11.8 Å². The highest BCUT2D eigenvalue weighted by atomic mass is 35.5. The van der Waals surface area contributed by atoms with Crippen LogP contribution in [0.1, 0.15) is 44.2 Å². The summed E-state index contributed by atoms with van der Waals surface area (Å²) in [5, 5.41) is 8.06. The van der Waals surface area contributed by atoms with Crippen LogP contribution in [-0.4, -0.2) is 35.6 Å². The van der Waals surface area contributed by atoms with E-state index in [4.69, 9.17) is 27.9 Å². The smallest absolute Gasteiger partial charge is 0.372 e. The molecule has 2 N–H and O–H groups in total. The van der Waals surface area contributed by atoms with E-state index in [1.54, 1.807) is 25.1 Å². The van der Waals surface area contributed by atoms with Gasteiger partial charge in [0.25, 0.3) is 0 Å². The van der Waals surface area contributed by atoms with E-state index in [0.29, 0.717) is 35.1 Å². The van der Waals surface area contributed by atoms with Gasteiger partial charge in [-0.3, -0.25) is 14.3 Å². The molecule has 1 aliphatic heterocycles. The third kappa shape index (κ3) is 6.19. The minimum Gasteiger partial charge on any atom is -0.372 e. The molecule has 3 atom stereocenters. The molecular weight excluding hydrogens is 453 g/mol. The van der Waals surface area contributed by atoms with E-state index in [2.05, 4.69) is 20.0 Å². The number of nitrogens with one attached hydrogen (secondary N) is 2. The Balaban J connectivity index is 1.75. The lowest BCUT2D eigenvalue weighted by Crippen LogP contribution is -2.28. The number of carbonyl (C=O) groups is 1. The van der Waals surface area contributed by atoms with Crippen LogP contribution in [0.4, 0.5) is 0 Å². The summed E-state index contributed by atoms with van der Waals surface area (Å²) in [5.74, 6) is -0.435. The second-order valence-electron chi connectivity index (χ2n) is 7.69. The van der Waals surface area contributed by atoms with E-state index in [1.807, 2.05) is 19.1 Å². The number of rotatable bonds is 8. The summed E-state index contributed by atoms with van der Waals surface area (Å²) >= 11 is 12.3. The van der Waals surface area contributed by atoms with Crippen LogP contribution < -0.4 is 11.1 Å². The van der Waals surface area contributed by atoms with Crippen molar-refractivity contribution in [2.75, 3.05) is 19.7 Å². The molecule has 172 valence electrons. The van der Waals surface area contributed by atoms with Crippen LogP contribution in [0.2, 0.25) is 10.0 Å². The Bertz CT molecular complexity index is 1040. The first-order valence-electron chi connectivity index (χ1n) is 10.6. The van der Waals surface area contributed by atoms with E-state index < -0.39 is 5.76 Å². The van der Waals surface area contributed by atoms with Gasteiger partial charge in [-0.05, 0) is 49.6 Å². The van der Waals surface area contributed by atoms with Gasteiger partial charge in [-0.1, -0.05) is 47.4 Å². The fraction of sp³-hybridized carbons (Fsp3) is 0.435. The van der Waals surface area contributed by atoms with Crippen molar-refractivity contribution in [2.24, 2.45) is 11.8 Å². The summed E-state index contributed by atoms with van der Waals surface area (Å²) < 4.78 is 10.7. The molecular formula is C23H27Cl2N3O4. The molecule has 0 spiro atoms. The third-order valence-corrected chi connectivity index (χ3v) is 6.36. The summed E-state index contributed by atoms with van der Waals surface area (Å²) in [6.07, 6.45) is 6.11. The molecule has 0 bridgehead atoms. The molecule has 1 saturated heterocycles. The lowest BCUT2D eigenvalue weighted by atomic mass is 9.83. The molecule has 0 radical (unpaired) electrons. The van der Waals surface area contributed by atoms with Gasteiger partial charge in [-0.2, -0.15) is 0 Å². The van der Waals surface area contributed by atoms with Crippen LogP contribution in [0.25, 0.3) is 5.57 Å². The molecule has 2 heterocycles. The van der Waals surface area contributed by atoms with E-state index >= 15 is 0 Å². The number of aromatic amines is 1. The molecule has 1 aliphatic rings. The maximum atomic E-state index is 13.0. The Labute approximate surface area is 196 Å². The average Bonchev–Trinajstić information content (AvgIpc) is 3.08. The zero-order valence-electron chi connectivity index (χ0n) is 18.1. The number of hydrogen-bond acceptors (Lipinski definition) is 6. The molecule has 1 aromatic heterocycles. The van der Waals surface area contributed by atoms with Crippen molar-refractivity contribution in [3.8, 4) is 0 Å². The van der Waals surface area contributed by atoms with Crippen LogP contribution >= 0.6 is 23.2 Å². The first-order valence-corrected chi connectivity index (χ1v) is 11.4. The van der Waals surface area contributed by atoms with E-state index in [-0.39, 0.29) is 29.5 Å². The Morgan fingerprint density at radius 1 is 1.31 bits per heavy atom. The number of ketones is 1.